The Bertz CT molecular complexity index is 330. The van der Waals surface area contributed by atoms with Gasteiger partial charge in [0.25, 0.3) is 0 Å². The lowest BCUT2D eigenvalue weighted by Gasteiger charge is -2.43. The highest BCUT2D eigenvalue weighted by Crippen LogP contribution is 2.50. The molecule has 1 aliphatic carbocycles. The molecule has 5 heteroatoms. The van der Waals surface area contributed by atoms with Crippen LogP contribution in [-0.4, -0.2) is 56.3 Å². The number of alkyl halides is 2. The van der Waals surface area contributed by atoms with E-state index in [1.165, 1.54) is 25.7 Å². The first kappa shape index (κ1) is 15.6. The standard InChI is InChI=1S/C16H28F2N2O/c17-15(18)16(6-7-16)12-21-11-14-3-1-2-10-20(14)13-4-8-19-9-5-13/h13-15,19H,1-12H2. The van der Waals surface area contributed by atoms with E-state index in [0.717, 1.165) is 26.1 Å². The number of hydrogen-bond acceptors (Lipinski definition) is 3. The van der Waals surface area contributed by atoms with Crippen molar-refractivity contribution in [3.8, 4) is 0 Å². The summed E-state index contributed by atoms with van der Waals surface area (Å²) in [6.07, 6.45) is 5.13. The minimum Gasteiger partial charge on any atom is -0.379 e. The molecule has 1 atom stereocenters. The van der Waals surface area contributed by atoms with Gasteiger partial charge in [-0.1, -0.05) is 6.42 Å². The van der Waals surface area contributed by atoms with E-state index >= 15 is 0 Å². The molecule has 2 saturated heterocycles. The summed E-state index contributed by atoms with van der Waals surface area (Å²) >= 11 is 0. The highest BCUT2D eigenvalue weighted by Gasteiger charge is 2.51. The lowest BCUT2D eigenvalue weighted by molar-refractivity contribution is -0.0373. The molecule has 3 rings (SSSR count). The van der Waals surface area contributed by atoms with Gasteiger partial charge in [-0.25, -0.2) is 8.78 Å². The zero-order chi connectivity index (χ0) is 14.7. The van der Waals surface area contributed by atoms with Crippen LogP contribution in [0.15, 0.2) is 0 Å². The van der Waals surface area contributed by atoms with Crippen molar-refractivity contribution in [3.05, 3.63) is 0 Å². The van der Waals surface area contributed by atoms with Crippen LogP contribution in [0.5, 0.6) is 0 Å². The first-order valence-electron chi connectivity index (χ1n) is 8.54. The number of nitrogens with one attached hydrogen (secondary N) is 1. The van der Waals surface area contributed by atoms with Gasteiger partial charge in [-0.15, -0.1) is 0 Å². The number of piperidine rings is 2. The van der Waals surface area contributed by atoms with Gasteiger partial charge in [0.05, 0.1) is 18.6 Å². The van der Waals surface area contributed by atoms with Gasteiger partial charge in [0.2, 0.25) is 6.43 Å². The van der Waals surface area contributed by atoms with Crippen molar-refractivity contribution in [1.29, 1.82) is 0 Å². The molecule has 0 bridgehead atoms. The first-order chi connectivity index (χ1) is 10.2. The van der Waals surface area contributed by atoms with Gasteiger partial charge in [0, 0.05) is 12.1 Å². The molecule has 0 radical (unpaired) electrons. The maximum Gasteiger partial charge on any atom is 0.246 e. The van der Waals surface area contributed by atoms with E-state index in [4.69, 9.17) is 4.74 Å². The third-order valence-electron chi connectivity index (χ3n) is 5.51. The molecule has 21 heavy (non-hydrogen) atoms. The molecule has 0 spiro atoms. The highest BCUT2D eigenvalue weighted by molar-refractivity contribution is 4.95. The fourth-order valence-corrected chi connectivity index (χ4v) is 3.81. The summed E-state index contributed by atoms with van der Waals surface area (Å²) in [7, 11) is 0. The van der Waals surface area contributed by atoms with Crippen LogP contribution in [-0.2, 0) is 4.74 Å². The van der Waals surface area contributed by atoms with Crippen LogP contribution in [0.1, 0.15) is 44.9 Å². The largest absolute Gasteiger partial charge is 0.379 e. The highest BCUT2D eigenvalue weighted by atomic mass is 19.3. The zero-order valence-electron chi connectivity index (χ0n) is 12.8. The van der Waals surface area contributed by atoms with E-state index in [1.54, 1.807) is 0 Å². The third-order valence-corrected chi connectivity index (χ3v) is 5.51. The molecule has 1 N–H and O–H groups in total. The number of halogens is 2. The molecular formula is C16H28F2N2O. The van der Waals surface area contributed by atoms with Gasteiger partial charge >= 0.3 is 0 Å². The van der Waals surface area contributed by atoms with E-state index in [2.05, 4.69) is 10.2 Å². The van der Waals surface area contributed by atoms with Crippen molar-refractivity contribution in [1.82, 2.24) is 10.2 Å². The lowest BCUT2D eigenvalue weighted by Crippen LogP contribution is -2.51. The Morgan fingerprint density at radius 1 is 1.14 bits per heavy atom. The van der Waals surface area contributed by atoms with Gasteiger partial charge in [-0.2, -0.15) is 0 Å². The lowest BCUT2D eigenvalue weighted by atomic mass is 9.96. The van der Waals surface area contributed by atoms with Crippen LogP contribution in [0.25, 0.3) is 0 Å². The van der Waals surface area contributed by atoms with Crippen molar-refractivity contribution in [2.75, 3.05) is 32.8 Å². The zero-order valence-corrected chi connectivity index (χ0v) is 12.8. The minimum atomic E-state index is -2.22. The van der Waals surface area contributed by atoms with Crippen LogP contribution in [0, 0.1) is 5.41 Å². The quantitative estimate of drug-likeness (QED) is 0.816. The predicted octanol–water partition coefficient (Wildman–Crippen LogP) is 2.65. The maximum absolute atomic E-state index is 12.9. The molecule has 0 aromatic rings. The van der Waals surface area contributed by atoms with Crippen molar-refractivity contribution >= 4 is 0 Å². The summed E-state index contributed by atoms with van der Waals surface area (Å²) in [5, 5.41) is 3.41. The molecule has 2 aliphatic heterocycles. The Balaban J connectivity index is 1.47. The van der Waals surface area contributed by atoms with Gasteiger partial charge in [0.1, 0.15) is 0 Å². The number of rotatable bonds is 6. The van der Waals surface area contributed by atoms with Crippen LogP contribution >= 0.6 is 0 Å². The smallest absolute Gasteiger partial charge is 0.246 e. The molecule has 122 valence electrons. The molecule has 0 aromatic carbocycles. The molecule has 3 aliphatic rings. The number of nitrogens with zero attached hydrogens (tertiary/aromatic N) is 1. The average Bonchev–Trinajstić information content (AvgIpc) is 3.30. The van der Waals surface area contributed by atoms with E-state index in [-0.39, 0.29) is 6.61 Å². The van der Waals surface area contributed by atoms with Crippen molar-refractivity contribution < 1.29 is 13.5 Å². The summed E-state index contributed by atoms with van der Waals surface area (Å²) in [5.74, 6) is 0. The SMILES string of the molecule is FC(F)C1(COCC2CCCCN2C2CCNCC2)CC1. The van der Waals surface area contributed by atoms with Gasteiger partial charge < -0.3 is 10.1 Å². The van der Waals surface area contributed by atoms with E-state index in [9.17, 15) is 8.78 Å². The number of hydrogen-bond donors (Lipinski definition) is 1. The van der Waals surface area contributed by atoms with Gasteiger partial charge in [-0.05, 0) is 58.2 Å². The Labute approximate surface area is 126 Å². The molecule has 0 amide bonds. The van der Waals surface area contributed by atoms with Crippen molar-refractivity contribution in [3.63, 3.8) is 0 Å². The second-order valence-electron chi connectivity index (χ2n) is 7.05. The second-order valence-corrected chi connectivity index (χ2v) is 7.05. The normalized spacial score (nSPS) is 30.7. The average molecular weight is 302 g/mol. The summed E-state index contributed by atoms with van der Waals surface area (Å²) in [6, 6.07) is 1.10. The van der Waals surface area contributed by atoms with E-state index in [1.807, 2.05) is 0 Å². The second kappa shape index (κ2) is 6.88. The predicted molar refractivity (Wildman–Crippen MR) is 78.7 cm³/mol. The first-order valence-corrected chi connectivity index (χ1v) is 8.54. The van der Waals surface area contributed by atoms with Crippen LogP contribution in [0.3, 0.4) is 0 Å². The van der Waals surface area contributed by atoms with Gasteiger partial charge in [0.15, 0.2) is 0 Å². The monoisotopic (exact) mass is 302 g/mol. The van der Waals surface area contributed by atoms with E-state index < -0.39 is 11.8 Å². The Morgan fingerprint density at radius 3 is 2.57 bits per heavy atom. The fourth-order valence-electron chi connectivity index (χ4n) is 3.81. The third kappa shape index (κ3) is 3.74. The molecule has 1 unspecified atom stereocenters. The van der Waals surface area contributed by atoms with E-state index in [0.29, 0.717) is 31.5 Å². The Morgan fingerprint density at radius 2 is 1.90 bits per heavy atom. The van der Waals surface area contributed by atoms with Crippen LogP contribution < -0.4 is 5.32 Å². The summed E-state index contributed by atoms with van der Waals surface area (Å²) in [6.45, 7) is 4.24. The topological polar surface area (TPSA) is 24.5 Å². The molecule has 1 saturated carbocycles. The molecule has 3 fully saturated rings. The fraction of sp³-hybridized carbons (Fsp3) is 1.00. The summed E-state index contributed by atoms with van der Waals surface area (Å²) in [5.41, 5.74) is -0.797. The number of ether oxygens (including phenoxy) is 1. The molecule has 0 aromatic heterocycles. The van der Waals surface area contributed by atoms with Crippen LogP contribution in [0.2, 0.25) is 0 Å². The maximum atomic E-state index is 12.9. The number of likely N-dealkylation sites (tertiary alicyclic amines) is 1. The van der Waals surface area contributed by atoms with Gasteiger partial charge in [-0.3, -0.25) is 4.90 Å². The Hall–Kier alpha value is -0.260. The molecule has 3 nitrogen and oxygen atoms in total. The van der Waals surface area contributed by atoms with Crippen molar-refractivity contribution in [2.24, 2.45) is 5.41 Å². The summed E-state index contributed by atoms with van der Waals surface area (Å²) < 4.78 is 31.6. The minimum absolute atomic E-state index is 0.251. The van der Waals surface area contributed by atoms with Crippen molar-refractivity contribution in [2.45, 2.75) is 63.5 Å². The Kier molecular flexibility index (Phi) is 5.12. The molecular weight excluding hydrogens is 274 g/mol. The summed E-state index contributed by atoms with van der Waals surface area (Å²) in [4.78, 5) is 2.60. The van der Waals surface area contributed by atoms with Crippen LogP contribution in [0.4, 0.5) is 8.78 Å². The molecule has 2 heterocycles.